The summed E-state index contributed by atoms with van der Waals surface area (Å²) in [5.41, 5.74) is 3.98. The number of anilines is 3. The van der Waals surface area contributed by atoms with Crippen LogP contribution >= 0.6 is 0 Å². The zero-order valence-corrected chi connectivity index (χ0v) is 24.0. The molecule has 2 aliphatic heterocycles. The highest BCUT2D eigenvalue weighted by Gasteiger charge is 2.51. The minimum Gasteiger partial charge on any atom is -0.380 e. The second-order valence-electron chi connectivity index (χ2n) is 13.4. The van der Waals surface area contributed by atoms with Crippen molar-refractivity contribution in [2.24, 2.45) is 11.3 Å². The van der Waals surface area contributed by atoms with Gasteiger partial charge < -0.3 is 15.4 Å². The maximum Gasteiger partial charge on any atom is 0.228 e. The molecule has 1 atom stereocenters. The number of hydrogen-bond acceptors (Lipinski definition) is 7. The van der Waals surface area contributed by atoms with Gasteiger partial charge in [0.1, 0.15) is 5.82 Å². The number of amides is 1. The van der Waals surface area contributed by atoms with Crippen molar-refractivity contribution in [2.75, 3.05) is 30.4 Å². The molecule has 2 saturated carbocycles. The van der Waals surface area contributed by atoms with Crippen LogP contribution in [0.5, 0.6) is 0 Å². The molecule has 212 valence electrons. The largest absolute Gasteiger partial charge is 0.380 e. The Kier molecular flexibility index (Phi) is 6.05. The van der Waals surface area contributed by atoms with Gasteiger partial charge in [-0.15, -0.1) is 0 Å². The molecule has 3 fully saturated rings. The maximum atomic E-state index is 12.2. The van der Waals surface area contributed by atoms with Crippen LogP contribution < -0.4 is 10.6 Å². The zero-order chi connectivity index (χ0) is 27.6. The Labute approximate surface area is 235 Å². The molecule has 1 spiro atoms. The number of carbonyl (C=O) groups is 1. The van der Waals surface area contributed by atoms with Gasteiger partial charge in [0.15, 0.2) is 11.6 Å². The monoisotopic (exact) mass is 544 g/mol. The van der Waals surface area contributed by atoms with Gasteiger partial charge in [-0.05, 0) is 50.3 Å². The van der Waals surface area contributed by atoms with Crippen molar-refractivity contribution in [2.45, 2.75) is 84.0 Å². The number of rotatable bonds is 7. The van der Waals surface area contributed by atoms with Gasteiger partial charge in [-0.2, -0.15) is 10.2 Å². The first-order valence-electron chi connectivity index (χ1n) is 14.7. The standard InChI is InChI=1S/C30H40N8O2/c1-19-23-12-26(32-27-13-24(29(2,3)4)38(35-27)22-14-30(15-22)17-40-18-30)34-37(23)10-9-36(19)16-20-7-8-31-25(11-20)33-28(39)21-5-6-21/h7-8,11-13,19,21-22H,5-6,9-10,14-18H2,1-4H3,(H,31,33,39)(H,32,34,35). The van der Waals surface area contributed by atoms with Crippen molar-refractivity contribution in [1.29, 1.82) is 0 Å². The van der Waals surface area contributed by atoms with Gasteiger partial charge >= 0.3 is 0 Å². The SMILES string of the molecule is CC1c2cc(Nc3cc(C(C)(C)C)n(C4CC5(COC5)C4)n3)nn2CCN1Cc1ccnc(NC(=O)C2CC2)c1. The van der Waals surface area contributed by atoms with E-state index in [0.29, 0.717) is 17.3 Å². The third kappa shape index (κ3) is 4.81. The van der Waals surface area contributed by atoms with Crippen LogP contribution in [0.1, 0.15) is 82.4 Å². The maximum absolute atomic E-state index is 12.2. The van der Waals surface area contributed by atoms with Crippen molar-refractivity contribution < 1.29 is 9.53 Å². The van der Waals surface area contributed by atoms with Gasteiger partial charge in [-0.25, -0.2) is 4.98 Å². The van der Waals surface area contributed by atoms with E-state index in [1.54, 1.807) is 6.20 Å². The van der Waals surface area contributed by atoms with Crippen LogP contribution in [0, 0.1) is 11.3 Å². The van der Waals surface area contributed by atoms with E-state index >= 15 is 0 Å². The van der Waals surface area contributed by atoms with E-state index in [1.807, 2.05) is 12.1 Å². The lowest BCUT2D eigenvalue weighted by atomic mass is 9.64. The third-order valence-corrected chi connectivity index (χ3v) is 9.06. The average molecular weight is 545 g/mol. The zero-order valence-electron chi connectivity index (χ0n) is 24.0. The number of fused-ring (bicyclic) bond motifs is 1. The smallest absolute Gasteiger partial charge is 0.228 e. The van der Waals surface area contributed by atoms with Crippen molar-refractivity contribution in [3.8, 4) is 0 Å². The van der Waals surface area contributed by atoms with Gasteiger partial charge in [0, 0.05) is 59.9 Å². The van der Waals surface area contributed by atoms with Crippen LogP contribution in [0.25, 0.3) is 0 Å². The summed E-state index contributed by atoms with van der Waals surface area (Å²) >= 11 is 0. The number of nitrogens with zero attached hydrogens (tertiary/aromatic N) is 6. The summed E-state index contributed by atoms with van der Waals surface area (Å²) in [6.07, 6.45) is 6.05. The highest BCUT2D eigenvalue weighted by molar-refractivity contribution is 5.93. The summed E-state index contributed by atoms with van der Waals surface area (Å²) in [6, 6.07) is 9.02. The van der Waals surface area contributed by atoms with Gasteiger partial charge in [-0.1, -0.05) is 20.8 Å². The van der Waals surface area contributed by atoms with Crippen LogP contribution in [0.15, 0.2) is 30.5 Å². The predicted molar refractivity (Wildman–Crippen MR) is 152 cm³/mol. The Bertz CT molecular complexity index is 1420. The van der Waals surface area contributed by atoms with E-state index in [0.717, 1.165) is 75.7 Å². The Morgan fingerprint density at radius 2 is 1.85 bits per heavy atom. The first-order chi connectivity index (χ1) is 19.2. The average Bonchev–Trinajstić information content (AvgIpc) is 3.49. The summed E-state index contributed by atoms with van der Waals surface area (Å²) in [5, 5.41) is 16.4. The van der Waals surface area contributed by atoms with Crippen LogP contribution in [0.2, 0.25) is 0 Å². The minimum atomic E-state index is 0.00177. The molecule has 2 N–H and O–H groups in total. The number of ether oxygens (including phenoxy) is 1. The molecule has 1 unspecified atom stereocenters. The van der Waals surface area contributed by atoms with Gasteiger partial charge in [0.2, 0.25) is 5.91 Å². The summed E-state index contributed by atoms with van der Waals surface area (Å²) in [4.78, 5) is 19.0. The number of pyridine rings is 1. The lowest BCUT2D eigenvalue weighted by Gasteiger charge is -2.53. The number of nitrogens with one attached hydrogen (secondary N) is 2. The molecule has 0 radical (unpaired) electrons. The molecule has 40 heavy (non-hydrogen) atoms. The fourth-order valence-electron chi connectivity index (χ4n) is 6.44. The number of carbonyl (C=O) groups excluding carboxylic acids is 1. The second-order valence-corrected chi connectivity index (χ2v) is 13.4. The quantitative estimate of drug-likeness (QED) is 0.441. The molecule has 2 aliphatic carbocycles. The number of aromatic nitrogens is 5. The van der Waals surface area contributed by atoms with Crippen LogP contribution in [0.4, 0.5) is 17.5 Å². The van der Waals surface area contributed by atoms with E-state index < -0.39 is 0 Å². The molecule has 1 amide bonds. The molecule has 5 heterocycles. The Morgan fingerprint density at radius 3 is 2.55 bits per heavy atom. The summed E-state index contributed by atoms with van der Waals surface area (Å²) in [6.45, 7) is 13.3. The molecule has 0 aromatic carbocycles. The molecular weight excluding hydrogens is 504 g/mol. The van der Waals surface area contributed by atoms with Gasteiger partial charge in [0.25, 0.3) is 0 Å². The summed E-state index contributed by atoms with van der Waals surface area (Å²) < 4.78 is 9.86. The predicted octanol–water partition coefficient (Wildman–Crippen LogP) is 4.79. The molecule has 7 rings (SSSR count). The van der Waals surface area contributed by atoms with Crippen LogP contribution in [-0.4, -0.2) is 55.1 Å². The molecule has 3 aromatic heterocycles. The molecular formula is C30H40N8O2. The van der Waals surface area contributed by atoms with Gasteiger partial charge in [0.05, 0.1) is 31.5 Å². The second kappa shape index (κ2) is 9.41. The minimum absolute atomic E-state index is 0.00177. The first kappa shape index (κ1) is 25.7. The first-order valence-corrected chi connectivity index (χ1v) is 14.7. The molecule has 0 bridgehead atoms. The van der Waals surface area contributed by atoms with E-state index in [-0.39, 0.29) is 23.3 Å². The van der Waals surface area contributed by atoms with E-state index in [9.17, 15) is 4.79 Å². The Balaban J connectivity index is 1.04. The van der Waals surface area contributed by atoms with E-state index in [4.69, 9.17) is 14.9 Å². The Hall–Kier alpha value is -3.24. The molecule has 4 aliphatic rings. The third-order valence-electron chi connectivity index (χ3n) is 9.06. The number of hydrogen-bond donors (Lipinski definition) is 2. The fourth-order valence-corrected chi connectivity index (χ4v) is 6.44. The lowest BCUT2D eigenvalue weighted by Crippen LogP contribution is -2.53. The molecule has 10 nitrogen and oxygen atoms in total. The van der Waals surface area contributed by atoms with Crippen molar-refractivity contribution in [3.63, 3.8) is 0 Å². The normalized spacial score (nSPS) is 22.4. The van der Waals surface area contributed by atoms with Crippen molar-refractivity contribution >= 4 is 23.4 Å². The van der Waals surface area contributed by atoms with Crippen LogP contribution in [0.3, 0.4) is 0 Å². The summed E-state index contributed by atoms with van der Waals surface area (Å²) in [5.74, 6) is 2.58. The highest BCUT2D eigenvalue weighted by Crippen LogP contribution is 2.53. The van der Waals surface area contributed by atoms with Gasteiger partial charge in [-0.3, -0.25) is 19.1 Å². The van der Waals surface area contributed by atoms with E-state index in [1.165, 1.54) is 11.4 Å². The Morgan fingerprint density at radius 1 is 1.07 bits per heavy atom. The molecule has 10 heteroatoms. The van der Waals surface area contributed by atoms with Crippen molar-refractivity contribution in [1.82, 2.24) is 29.4 Å². The van der Waals surface area contributed by atoms with Crippen molar-refractivity contribution in [3.05, 3.63) is 47.4 Å². The van der Waals surface area contributed by atoms with Crippen LogP contribution in [-0.2, 0) is 28.0 Å². The molecule has 3 aromatic rings. The van der Waals surface area contributed by atoms with E-state index in [2.05, 4.69) is 69.7 Å². The molecule has 1 saturated heterocycles. The summed E-state index contributed by atoms with van der Waals surface area (Å²) in [7, 11) is 0. The lowest BCUT2D eigenvalue weighted by molar-refractivity contribution is -0.176. The topological polar surface area (TPSA) is 102 Å². The highest BCUT2D eigenvalue weighted by atomic mass is 16.5. The fraction of sp³-hybridized carbons (Fsp3) is 0.600.